The number of thiazole rings is 1. The molecule has 1 heterocycles. The molecule has 0 saturated heterocycles. The van der Waals surface area contributed by atoms with Gasteiger partial charge in [0.2, 0.25) is 0 Å². The smallest absolute Gasteiger partial charge is 0.178 e. The van der Waals surface area contributed by atoms with Crippen LogP contribution < -0.4 is 0 Å². The predicted molar refractivity (Wildman–Crippen MR) is 58.1 cm³/mol. The molecule has 1 aliphatic rings. The molecule has 0 amide bonds. The monoisotopic (exact) mass is 209 g/mol. The van der Waals surface area contributed by atoms with E-state index in [0.717, 1.165) is 6.29 Å². The molecule has 0 aliphatic heterocycles. The van der Waals surface area contributed by atoms with Crippen molar-refractivity contribution >= 4 is 17.6 Å². The number of nitrogens with zero attached hydrogens (tertiary/aromatic N) is 1. The number of aldehydes is 1. The lowest BCUT2D eigenvalue weighted by atomic mass is 9.86. The molecule has 76 valence electrons. The summed E-state index contributed by atoms with van der Waals surface area (Å²) in [6, 6.07) is 0. The fourth-order valence-electron chi connectivity index (χ4n) is 2.23. The Bertz CT molecular complexity index is 326. The lowest BCUT2D eigenvalue weighted by Crippen LogP contribution is -2.06. The molecule has 0 atom stereocenters. The zero-order valence-electron chi connectivity index (χ0n) is 8.45. The SMILES string of the molecule is Cc1sc(C=O)nc1C1CCCCC1. The van der Waals surface area contributed by atoms with Crippen LogP contribution in [0.3, 0.4) is 0 Å². The van der Waals surface area contributed by atoms with Crippen LogP contribution in [0.25, 0.3) is 0 Å². The van der Waals surface area contributed by atoms with Crippen molar-refractivity contribution in [1.82, 2.24) is 4.98 Å². The van der Waals surface area contributed by atoms with Gasteiger partial charge in [-0.1, -0.05) is 19.3 Å². The number of carbonyl (C=O) groups is 1. The van der Waals surface area contributed by atoms with E-state index in [2.05, 4.69) is 11.9 Å². The van der Waals surface area contributed by atoms with Crippen molar-refractivity contribution in [2.24, 2.45) is 0 Å². The van der Waals surface area contributed by atoms with E-state index < -0.39 is 0 Å². The number of rotatable bonds is 2. The number of hydrogen-bond acceptors (Lipinski definition) is 3. The molecule has 0 unspecified atom stereocenters. The highest BCUT2D eigenvalue weighted by atomic mass is 32.1. The molecule has 0 N–H and O–H groups in total. The molecule has 1 aliphatic carbocycles. The summed E-state index contributed by atoms with van der Waals surface area (Å²) in [5.74, 6) is 0.619. The van der Waals surface area contributed by atoms with Crippen LogP contribution >= 0.6 is 11.3 Å². The van der Waals surface area contributed by atoms with Crippen LogP contribution in [0.4, 0.5) is 0 Å². The van der Waals surface area contributed by atoms with Crippen molar-refractivity contribution in [1.29, 1.82) is 0 Å². The zero-order valence-corrected chi connectivity index (χ0v) is 9.27. The average molecular weight is 209 g/mol. The van der Waals surface area contributed by atoms with Crippen LogP contribution in [-0.4, -0.2) is 11.3 Å². The summed E-state index contributed by atoms with van der Waals surface area (Å²) in [4.78, 5) is 16.2. The maximum atomic E-state index is 10.6. The summed E-state index contributed by atoms with van der Waals surface area (Å²) < 4.78 is 0. The van der Waals surface area contributed by atoms with E-state index in [1.165, 1.54) is 54.0 Å². The van der Waals surface area contributed by atoms with Crippen molar-refractivity contribution in [3.63, 3.8) is 0 Å². The largest absolute Gasteiger partial charge is 0.295 e. The van der Waals surface area contributed by atoms with Gasteiger partial charge >= 0.3 is 0 Å². The minimum absolute atomic E-state index is 0.619. The predicted octanol–water partition coefficient (Wildman–Crippen LogP) is 3.31. The second kappa shape index (κ2) is 4.22. The van der Waals surface area contributed by atoms with Crippen molar-refractivity contribution in [2.75, 3.05) is 0 Å². The van der Waals surface area contributed by atoms with Crippen LogP contribution in [0.2, 0.25) is 0 Å². The third-order valence-corrected chi connectivity index (χ3v) is 3.85. The van der Waals surface area contributed by atoms with Crippen LogP contribution in [0.5, 0.6) is 0 Å². The van der Waals surface area contributed by atoms with Gasteiger partial charge in [-0.2, -0.15) is 0 Å². The van der Waals surface area contributed by atoms with Crippen LogP contribution in [0.1, 0.15) is 58.4 Å². The van der Waals surface area contributed by atoms with Crippen LogP contribution in [-0.2, 0) is 0 Å². The Kier molecular flexibility index (Phi) is 2.96. The van der Waals surface area contributed by atoms with Gasteiger partial charge in [-0.3, -0.25) is 4.79 Å². The molecular formula is C11H15NOS. The Morgan fingerprint density at radius 3 is 2.64 bits per heavy atom. The van der Waals surface area contributed by atoms with Crippen molar-refractivity contribution in [3.05, 3.63) is 15.6 Å². The summed E-state index contributed by atoms with van der Waals surface area (Å²) in [6.07, 6.45) is 7.37. The van der Waals surface area contributed by atoms with Gasteiger partial charge in [-0.05, 0) is 19.8 Å². The van der Waals surface area contributed by atoms with Crippen molar-refractivity contribution in [3.8, 4) is 0 Å². The first-order chi connectivity index (χ1) is 6.81. The second-order valence-corrected chi connectivity index (χ2v) is 5.18. The number of aryl methyl sites for hydroxylation is 1. The Morgan fingerprint density at radius 1 is 1.36 bits per heavy atom. The molecule has 0 aromatic carbocycles. The quantitative estimate of drug-likeness (QED) is 0.699. The van der Waals surface area contributed by atoms with E-state index >= 15 is 0 Å². The van der Waals surface area contributed by atoms with Gasteiger partial charge < -0.3 is 0 Å². The minimum atomic E-state index is 0.619. The first-order valence-corrected chi connectivity index (χ1v) is 6.05. The highest BCUT2D eigenvalue weighted by molar-refractivity contribution is 7.13. The van der Waals surface area contributed by atoms with Gasteiger partial charge in [0, 0.05) is 10.8 Å². The Balaban J connectivity index is 2.20. The van der Waals surface area contributed by atoms with Gasteiger partial charge in [0.05, 0.1) is 5.69 Å². The lowest BCUT2D eigenvalue weighted by Gasteiger charge is -2.20. The molecule has 14 heavy (non-hydrogen) atoms. The number of hydrogen-bond donors (Lipinski definition) is 0. The second-order valence-electron chi connectivity index (χ2n) is 3.95. The van der Waals surface area contributed by atoms with Gasteiger partial charge in [-0.25, -0.2) is 4.98 Å². The normalized spacial score (nSPS) is 18.4. The summed E-state index contributed by atoms with van der Waals surface area (Å²) in [6.45, 7) is 2.08. The molecule has 0 spiro atoms. The maximum Gasteiger partial charge on any atom is 0.178 e. The molecule has 2 nitrogen and oxygen atoms in total. The standard InChI is InChI=1S/C11H15NOS/c1-8-11(12-10(7-13)14-8)9-5-3-2-4-6-9/h7,9H,2-6H2,1H3. The molecular weight excluding hydrogens is 194 g/mol. The molecule has 1 aromatic heterocycles. The number of carbonyl (C=O) groups excluding carboxylic acids is 1. The van der Waals surface area contributed by atoms with Crippen molar-refractivity contribution < 1.29 is 4.79 Å². The lowest BCUT2D eigenvalue weighted by molar-refractivity contribution is 0.112. The third kappa shape index (κ3) is 1.87. The summed E-state index contributed by atoms with van der Waals surface area (Å²) in [7, 11) is 0. The zero-order chi connectivity index (χ0) is 9.97. The highest BCUT2D eigenvalue weighted by Crippen LogP contribution is 2.35. The fraction of sp³-hybridized carbons (Fsp3) is 0.636. The number of aromatic nitrogens is 1. The van der Waals surface area contributed by atoms with Gasteiger partial charge in [-0.15, -0.1) is 11.3 Å². The molecule has 3 heteroatoms. The Labute approximate surface area is 88.4 Å². The molecule has 1 saturated carbocycles. The van der Waals surface area contributed by atoms with Gasteiger partial charge in [0.25, 0.3) is 0 Å². The van der Waals surface area contributed by atoms with Crippen LogP contribution in [0.15, 0.2) is 0 Å². The fourth-order valence-corrected chi connectivity index (χ4v) is 3.06. The third-order valence-electron chi connectivity index (χ3n) is 2.94. The molecule has 2 rings (SSSR count). The summed E-state index contributed by atoms with van der Waals surface area (Å²) >= 11 is 1.53. The minimum Gasteiger partial charge on any atom is -0.295 e. The van der Waals surface area contributed by atoms with E-state index in [0.29, 0.717) is 10.9 Å². The van der Waals surface area contributed by atoms with E-state index in [1.54, 1.807) is 0 Å². The maximum absolute atomic E-state index is 10.6. The van der Waals surface area contributed by atoms with E-state index in [4.69, 9.17) is 0 Å². The summed E-state index contributed by atoms with van der Waals surface area (Å²) in [5, 5.41) is 0.642. The summed E-state index contributed by atoms with van der Waals surface area (Å²) in [5.41, 5.74) is 1.19. The highest BCUT2D eigenvalue weighted by Gasteiger charge is 2.20. The van der Waals surface area contributed by atoms with E-state index in [1.807, 2.05) is 0 Å². The van der Waals surface area contributed by atoms with E-state index in [9.17, 15) is 4.79 Å². The first-order valence-electron chi connectivity index (χ1n) is 5.24. The topological polar surface area (TPSA) is 30.0 Å². The molecule has 1 aromatic rings. The van der Waals surface area contributed by atoms with Crippen molar-refractivity contribution in [2.45, 2.75) is 44.9 Å². The molecule has 0 radical (unpaired) electrons. The van der Waals surface area contributed by atoms with Crippen LogP contribution in [0, 0.1) is 6.92 Å². The Morgan fingerprint density at radius 2 is 2.07 bits per heavy atom. The van der Waals surface area contributed by atoms with Gasteiger partial charge in [0.1, 0.15) is 0 Å². The van der Waals surface area contributed by atoms with Gasteiger partial charge in [0.15, 0.2) is 11.3 Å². The molecule has 1 fully saturated rings. The molecule has 0 bridgehead atoms. The Hall–Kier alpha value is -0.700. The first kappa shape index (κ1) is 9.84. The van der Waals surface area contributed by atoms with E-state index in [-0.39, 0.29) is 0 Å². The average Bonchev–Trinajstić information content (AvgIpc) is 2.61.